The van der Waals surface area contributed by atoms with Crippen LogP contribution in [0, 0.1) is 0 Å². The summed E-state index contributed by atoms with van der Waals surface area (Å²) in [6, 6.07) is 21.7. The summed E-state index contributed by atoms with van der Waals surface area (Å²) >= 11 is 0. The molecule has 0 spiro atoms. The van der Waals surface area contributed by atoms with Gasteiger partial charge in [-0.05, 0) is 25.6 Å². The standard InChI is InChI=1S/C21H23N3O2/c1-24(16-17-9-4-2-5-10-17)14-8-13-22-21(25)20-15-19(23-26-20)18-11-6-3-7-12-18/h2-7,9-12,15H,8,13-14,16H2,1H3,(H,22,25). The SMILES string of the molecule is CN(CCCNC(=O)c1cc(-c2ccccc2)no1)Cc1ccccc1. The quantitative estimate of drug-likeness (QED) is 0.631. The van der Waals surface area contributed by atoms with Crippen molar-refractivity contribution < 1.29 is 9.32 Å². The molecule has 134 valence electrons. The van der Waals surface area contributed by atoms with Gasteiger partial charge in [0.1, 0.15) is 5.69 Å². The van der Waals surface area contributed by atoms with E-state index in [1.165, 1.54) is 5.56 Å². The predicted octanol–water partition coefficient (Wildman–Crippen LogP) is 3.59. The maximum Gasteiger partial charge on any atom is 0.289 e. The molecule has 1 amide bonds. The van der Waals surface area contributed by atoms with Gasteiger partial charge in [0.15, 0.2) is 0 Å². The average molecular weight is 349 g/mol. The van der Waals surface area contributed by atoms with Crippen molar-refractivity contribution in [1.82, 2.24) is 15.4 Å². The molecular formula is C21H23N3O2. The lowest BCUT2D eigenvalue weighted by Crippen LogP contribution is -2.27. The van der Waals surface area contributed by atoms with Gasteiger partial charge in [0.05, 0.1) is 0 Å². The second-order valence-corrected chi connectivity index (χ2v) is 6.28. The van der Waals surface area contributed by atoms with E-state index < -0.39 is 0 Å². The van der Waals surface area contributed by atoms with Crippen molar-refractivity contribution in [2.24, 2.45) is 0 Å². The largest absolute Gasteiger partial charge is 0.350 e. The first-order valence-corrected chi connectivity index (χ1v) is 8.75. The smallest absolute Gasteiger partial charge is 0.289 e. The number of carbonyl (C=O) groups excluding carboxylic acids is 1. The van der Waals surface area contributed by atoms with E-state index in [1.807, 2.05) is 48.5 Å². The van der Waals surface area contributed by atoms with E-state index in [-0.39, 0.29) is 11.7 Å². The van der Waals surface area contributed by atoms with Crippen molar-refractivity contribution in [3.05, 3.63) is 78.1 Å². The Morgan fingerprint density at radius 3 is 2.50 bits per heavy atom. The zero-order valence-corrected chi connectivity index (χ0v) is 14.9. The Morgan fingerprint density at radius 2 is 1.77 bits per heavy atom. The second-order valence-electron chi connectivity index (χ2n) is 6.28. The molecule has 2 aromatic carbocycles. The van der Waals surface area contributed by atoms with Gasteiger partial charge < -0.3 is 14.7 Å². The molecule has 0 bridgehead atoms. The lowest BCUT2D eigenvalue weighted by molar-refractivity contribution is 0.0915. The summed E-state index contributed by atoms with van der Waals surface area (Å²) in [4.78, 5) is 14.4. The van der Waals surface area contributed by atoms with Gasteiger partial charge in [0.25, 0.3) is 5.91 Å². The number of rotatable bonds is 8. The van der Waals surface area contributed by atoms with Crippen LogP contribution >= 0.6 is 0 Å². The minimum atomic E-state index is -0.231. The fraction of sp³-hybridized carbons (Fsp3) is 0.238. The Hall–Kier alpha value is -2.92. The van der Waals surface area contributed by atoms with Gasteiger partial charge in [-0.15, -0.1) is 0 Å². The summed E-state index contributed by atoms with van der Waals surface area (Å²) in [5.41, 5.74) is 2.88. The monoisotopic (exact) mass is 349 g/mol. The maximum absolute atomic E-state index is 12.2. The molecule has 5 nitrogen and oxygen atoms in total. The lowest BCUT2D eigenvalue weighted by Gasteiger charge is -2.16. The van der Waals surface area contributed by atoms with Gasteiger partial charge >= 0.3 is 0 Å². The highest BCUT2D eigenvalue weighted by atomic mass is 16.5. The zero-order chi connectivity index (χ0) is 18.2. The van der Waals surface area contributed by atoms with Crippen LogP contribution in [0.4, 0.5) is 0 Å². The maximum atomic E-state index is 12.2. The Balaban J connectivity index is 1.41. The second kappa shape index (κ2) is 8.97. The van der Waals surface area contributed by atoms with E-state index in [0.29, 0.717) is 12.2 Å². The molecule has 0 saturated carbocycles. The van der Waals surface area contributed by atoms with Crippen LogP contribution < -0.4 is 5.32 Å². The Morgan fingerprint density at radius 1 is 1.08 bits per heavy atom. The fourth-order valence-electron chi connectivity index (χ4n) is 2.74. The van der Waals surface area contributed by atoms with Crippen LogP contribution in [0.1, 0.15) is 22.5 Å². The van der Waals surface area contributed by atoms with Crippen molar-refractivity contribution in [2.45, 2.75) is 13.0 Å². The highest BCUT2D eigenvalue weighted by Gasteiger charge is 2.13. The fourth-order valence-corrected chi connectivity index (χ4v) is 2.74. The number of benzene rings is 2. The Bertz CT molecular complexity index is 816. The molecule has 0 fully saturated rings. The summed E-state index contributed by atoms with van der Waals surface area (Å²) in [5.74, 6) is 0.00638. The van der Waals surface area contributed by atoms with Crippen LogP contribution in [0.2, 0.25) is 0 Å². The number of nitrogens with zero attached hydrogens (tertiary/aromatic N) is 2. The van der Waals surface area contributed by atoms with E-state index in [4.69, 9.17) is 4.52 Å². The highest BCUT2D eigenvalue weighted by Crippen LogP contribution is 2.18. The number of amides is 1. The number of hydrogen-bond donors (Lipinski definition) is 1. The van der Waals surface area contributed by atoms with Crippen molar-refractivity contribution in [3.63, 3.8) is 0 Å². The van der Waals surface area contributed by atoms with Crippen molar-refractivity contribution >= 4 is 5.91 Å². The van der Waals surface area contributed by atoms with Gasteiger partial charge in [-0.1, -0.05) is 65.8 Å². The zero-order valence-electron chi connectivity index (χ0n) is 14.9. The molecule has 0 unspecified atom stereocenters. The first-order valence-electron chi connectivity index (χ1n) is 8.75. The van der Waals surface area contributed by atoms with Gasteiger partial charge in [-0.2, -0.15) is 0 Å². The van der Waals surface area contributed by atoms with Crippen LogP contribution in [0.25, 0.3) is 11.3 Å². The molecule has 0 radical (unpaired) electrons. The summed E-state index contributed by atoms with van der Waals surface area (Å²) in [7, 11) is 2.08. The van der Waals surface area contributed by atoms with Gasteiger partial charge in [0.2, 0.25) is 5.76 Å². The van der Waals surface area contributed by atoms with Crippen LogP contribution in [0.15, 0.2) is 71.3 Å². The van der Waals surface area contributed by atoms with E-state index in [0.717, 1.165) is 25.1 Å². The molecule has 0 aliphatic rings. The van der Waals surface area contributed by atoms with E-state index >= 15 is 0 Å². The first-order chi connectivity index (χ1) is 12.7. The number of carbonyl (C=O) groups is 1. The van der Waals surface area contributed by atoms with Crippen LogP contribution in [0.3, 0.4) is 0 Å². The third kappa shape index (κ3) is 5.04. The minimum Gasteiger partial charge on any atom is -0.350 e. The predicted molar refractivity (Wildman–Crippen MR) is 102 cm³/mol. The van der Waals surface area contributed by atoms with Crippen molar-refractivity contribution in [3.8, 4) is 11.3 Å². The van der Waals surface area contributed by atoms with Crippen LogP contribution in [-0.4, -0.2) is 36.1 Å². The van der Waals surface area contributed by atoms with E-state index in [2.05, 4.69) is 34.6 Å². The summed E-state index contributed by atoms with van der Waals surface area (Å²) in [5, 5.41) is 6.85. The van der Waals surface area contributed by atoms with Gasteiger partial charge in [-0.25, -0.2) is 0 Å². The summed E-state index contributed by atoms with van der Waals surface area (Å²) in [6.07, 6.45) is 0.870. The molecule has 26 heavy (non-hydrogen) atoms. The van der Waals surface area contributed by atoms with E-state index in [1.54, 1.807) is 6.07 Å². The third-order valence-corrected chi connectivity index (χ3v) is 4.10. The normalized spacial score (nSPS) is 10.8. The number of hydrogen-bond acceptors (Lipinski definition) is 4. The molecule has 1 heterocycles. The number of nitrogens with one attached hydrogen (secondary N) is 1. The number of aromatic nitrogens is 1. The molecule has 0 aliphatic carbocycles. The third-order valence-electron chi connectivity index (χ3n) is 4.10. The molecule has 0 aliphatic heterocycles. The molecule has 3 aromatic rings. The molecule has 1 aromatic heterocycles. The molecule has 1 N–H and O–H groups in total. The molecule has 3 rings (SSSR count). The topological polar surface area (TPSA) is 58.4 Å². The van der Waals surface area contributed by atoms with E-state index in [9.17, 15) is 4.79 Å². The van der Waals surface area contributed by atoms with Gasteiger partial charge in [0, 0.05) is 24.7 Å². The first kappa shape index (κ1) is 17.9. The highest BCUT2D eigenvalue weighted by molar-refractivity contribution is 5.92. The molecule has 0 saturated heterocycles. The molecule has 0 atom stereocenters. The van der Waals surface area contributed by atoms with Crippen molar-refractivity contribution in [2.75, 3.05) is 20.1 Å². The molecule has 5 heteroatoms. The van der Waals surface area contributed by atoms with Crippen LogP contribution in [-0.2, 0) is 6.54 Å². The van der Waals surface area contributed by atoms with Crippen molar-refractivity contribution in [1.29, 1.82) is 0 Å². The summed E-state index contributed by atoms with van der Waals surface area (Å²) in [6.45, 7) is 2.40. The Labute approximate surface area is 153 Å². The average Bonchev–Trinajstić information content (AvgIpc) is 3.17. The lowest BCUT2D eigenvalue weighted by atomic mass is 10.1. The minimum absolute atomic E-state index is 0.231. The van der Waals surface area contributed by atoms with Crippen LogP contribution in [0.5, 0.6) is 0 Å². The van der Waals surface area contributed by atoms with Gasteiger partial charge in [-0.3, -0.25) is 4.79 Å². The molecular weight excluding hydrogens is 326 g/mol. The summed E-state index contributed by atoms with van der Waals surface area (Å²) < 4.78 is 5.17. The Kier molecular flexibility index (Phi) is 6.17.